The minimum Gasteiger partial charge on any atom is -0.508 e. The fraction of sp³-hybridized carbons (Fsp3) is 0.250. The molecule has 4 heteroatoms. The number of ether oxygens (including phenoxy) is 1. The maximum atomic E-state index is 10.6. The normalized spacial score (nSPS) is 10.4. The van der Waals surface area contributed by atoms with Crippen LogP contribution < -0.4 is 10.1 Å². The van der Waals surface area contributed by atoms with Crippen molar-refractivity contribution in [3.63, 3.8) is 0 Å². The summed E-state index contributed by atoms with van der Waals surface area (Å²) < 4.78 is 5.13. The van der Waals surface area contributed by atoms with Crippen LogP contribution in [0.15, 0.2) is 24.3 Å². The molecule has 86 valence electrons. The fourth-order valence-corrected chi connectivity index (χ4v) is 1.24. The third kappa shape index (κ3) is 3.65. The monoisotopic (exact) mass is 221 g/mol. The highest BCUT2D eigenvalue weighted by Crippen LogP contribution is 2.24. The molecule has 1 aromatic carbocycles. The second-order valence-electron chi connectivity index (χ2n) is 3.27. The molecule has 0 aliphatic rings. The highest BCUT2D eigenvalue weighted by Gasteiger charge is 1.99. The first kappa shape index (κ1) is 12.1. The van der Waals surface area contributed by atoms with Gasteiger partial charge in [-0.1, -0.05) is 12.2 Å². The maximum Gasteiger partial charge on any atom is 0.217 e. The number of methoxy groups -OCH3 is 1. The Balaban J connectivity index is 2.71. The first-order valence-electron chi connectivity index (χ1n) is 4.91. The fourth-order valence-electron chi connectivity index (χ4n) is 1.24. The number of phenolic OH excluding ortho intramolecular Hbond substituents is 1. The van der Waals surface area contributed by atoms with E-state index in [-0.39, 0.29) is 11.7 Å². The van der Waals surface area contributed by atoms with Gasteiger partial charge in [-0.25, -0.2) is 0 Å². The van der Waals surface area contributed by atoms with Gasteiger partial charge in [-0.2, -0.15) is 0 Å². The van der Waals surface area contributed by atoms with Crippen molar-refractivity contribution < 1.29 is 14.6 Å². The lowest BCUT2D eigenvalue weighted by Gasteiger charge is -2.04. The number of hydrogen-bond acceptors (Lipinski definition) is 3. The number of nitrogens with one attached hydrogen (secondary N) is 1. The Bertz CT molecular complexity index is 399. The molecule has 0 spiro atoms. The topological polar surface area (TPSA) is 58.6 Å². The van der Waals surface area contributed by atoms with Crippen molar-refractivity contribution >= 4 is 12.0 Å². The van der Waals surface area contributed by atoms with Gasteiger partial charge in [-0.3, -0.25) is 4.79 Å². The zero-order chi connectivity index (χ0) is 12.0. The van der Waals surface area contributed by atoms with Crippen LogP contribution in [-0.4, -0.2) is 24.7 Å². The van der Waals surface area contributed by atoms with E-state index in [0.29, 0.717) is 12.3 Å². The van der Waals surface area contributed by atoms with Crippen LogP contribution in [0.2, 0.25) is 0 Å². The summed E-state index contributed by atoms with van der Waals surface area (Å²) >= 11 is 0. The van der Waals surface area contributed by atoms with Crippen LogP contribution in [0.1, 0.15) is 12.5 Å². The van der Waals surface area contributed by atoms with Crippen molar-refractivity contribution in [2.45, 2.75) is 6.92 Å². The molecule has 0 saturated carbocycles. The first-order chi connectivity index (χ1) is 7.63. The van der Waals surface area contributed by atoms with E-state index in [0.717, 1.165) is 5.56 Å². The predicted molar refractivity (Wildman–Crippen MR) is 62.4 cm³/mol. The highest BCUT2D eigenvalue weighted by molar-refractivity contribution is 5.73. The molecule has 16 heavy (non-hydrogen) atoms. The third-order valence-electron chi connectivity index (χ3n) is 1.98. The molecule has 1 amide bonds. The van der Waals surface area contributed by atoms with Gasteiger partial charge in [0.2, 0.25) is 5.91 Å². The number of carbonyl (C=O) groups is 1. The maximum absolute atomic E-state index is 10.6. The van der Waals surface area contributed by atoms with E-state index < -0.39 is 0 Å². The summed E-state index contributed by atoms with van der Waals surface area (Å²) in [5, 5.41) is 12.0. The van der Waals surface area contributed by atoms with E-state index >= 15 is 0 Å². The number of carbonyl (C=O) groups excluding carboxylic acids is 1. The van der Waals surface area contributed by atoms with Crippen LogP contribution in [0.4, 0.5) is 0 Å². The predicted octanol–water partition coefficient (Wildman–Crippen LogP) is 1.55. The Kier molecular flexibility index (Phi) is 4.39. The molecular weight excluding hydrogens is 206 g/mol. The van der Waals surface area contributed by atoms with Crippen LogP contribution in [0.5, 0.6) is 11.5 Å². The average molecular weight is 221 g/mol. The van der Waals surface area contributed by atoms with E-state index in [4.69, 9.17) is 4.74 Å². The summed E-state index contributed by atoms with van der Waals surface area (Å²) in [4.78, 5) is 10.6. The number of rotatable bonds is 4. The van der Waals surface area contributed by atoms with Gasteiger partial charge < -0.3 is 15.2 Å². The van der Waals surface area contributed by atoms with Gasteiger partial charge in [0.25, 0.3) is 0 Å². The van der Waals surface area contributed by atoms with E-state index in [1.165, 1.54) is 6.92 Å². The lowest BCUT2D eigenvalue weighted by atomic mass is 10.1. The number of amides is 1. The second kappa shape index (κ2) is 5.80. The SMILES string of the molecule is COc1ccc(O)cc1C=CCNC(C)=O. The molecule has 1 rings (SSSR count). The van der Waals surface area contributed by atoms with E-state index in [1.54, 1.807) is 37.5 Å². The van der Waals surface area contributed by atoms with E-state index in [9.17, 15) is 9.90 Å². The number of aromatic hydroxyl groups is 1. The summed E-state index contributed by atoms with van der Waals surface area (Å²) in [5.41, 5.74) is 0.771. The summed E-state index contributed by atoms with van der Waals surface area (Å²) in [5.74, 6) is 0.782. The Labute approximate surface area is 94.6 Å². The van der Waals surface area contributed by atoms with Crippen molar-refractivity contribution in [3.05, 3.63) is 29.8 Å². The van der Waals surface area contributed by atoms with Crippen molar-refractivity contribution in [2.75, 3.05) is 13.7 Å². The first-order valence-corrected chi connectivity index (χ1v) is 4.91. The molecule has 4 nitrogen and oxygen atoms in total. The zero-order valence-corrected chi connectivity index (χ0v) is 9.36. The van der Waals surface area contributed by atoms with E-state index in [2.05, 4.69) is 5.32 Å². The van der Waals surface area contributed by atoms with E-state index in [1.807, 2.05) is 0 Å². The molecule has 0 unspecified atom stereocenters. The highest BCUT2D eigenvalue weighted by atomic mass is 16.5. The molecular formula is C12H15NO3. The van der Waals surface area contributed by atoms with Crippen LogP contribution in [0, 0.1) is 0 Å². The molecule has 0 heterocycles. The van der Waals surface area contributed by atoms with Gasteiger partial charge in [0.05, 0.1) is 7.11 Å². The summed E-state index contributed by atoms with van der Waals surface area (Å²) in [7, 11) is 1.57. The van der Waals surface area contributed by atoms with Crippen LogP contribution in [0.3, 0.4) is 0 Å². The van der Waals surface area contributed by atoms with Gasteiger partial charge in [-0.15, -0.1) is 0 Å². The number of hydrogen-bond donors (Lipinski definition) is 2. The molecule has 0 radical (unpaired) electrons. The summed E-state index contributed by atoms with van der Waals surface area (Å²) in [6.45, 7) is 1.91. The zero-order valence-electron chi connectivity index (χ0n) is 9.36. The molecule has 0 aliphatic carbocycles. The number of benzene rings is 1. The lowest BCUT2D eigenvalue weighted by Crippen LogP contribution is -2.19. The van der Waals surface area contributed by atoms with Crippen LogP contribution in [0.25, 0.3) is 6.08 Å². The Morgan fingerprint density at radius 1 is 1.56 bits per heavy atom. The third-order valence-corrected chi connectivity index (χ3v) is 1.98. The van der Waals surface area contributed by atoms with Crippen molar-refractivity contribution in [1.29, 1.82) is 0 Å². The van der Waals surface area contributed by atoms with Gasteiger partial charge in [0.15, 0.2) is 0 Å². The van der Waals surface area contributed by atoms with Crippen LogP contribution >= 0.6 is 0 Å². The minimum atomic E-state index is -0.0764. The molecule has 0 aromatic heterocycles. The molecule has 0 aliphatic heterocycles. The van der Waals surface area contributed by atoms with Crippen molar-refractivity contribution in [3.8, 4) is 11.5 Å². The Hall–Kier alpha value is -1.97. The standard InChI is InChI=1S/C12H15NO3/c1-9(14)13-7-3-4-10-8-11(15)5-6-12(10)16-2/h3-6,8,15H,7H2,1-2H3,(H,13,14). The van der Waals surface area contributed by atoms with Crippen LogP contribution in [-0.2, 0) is 4.79 Å². The smallest absolute Gasteiger partial charge is 0.217 e. The molecule has 0 fully saturated rings. The molecule has 1 aromatic rings. The van der Waals surface area contributed by atoms with Gasteiger partial charge >= 0.3 is 0 Å². The summed E-state index contributed by atoms with van der Waals surface area (Å²) in [6.07, 6.45) is 3.58. The Morgan fingerprint density at radius 2 is 2.31 bits per heavy atom. The molecule has 2 N–H and O–H groups in total. The van der Waals surface area contributed by atoms with Gasteiger partial charge in [0, 0.05) is 19.0 Å². The molecule has 0 bridgehead atoms. The molecule has 0 atom stereocenters. The number of phenols is 1. The Morgan fingerprint density at radius 3 is 2.94 bits per heavy atom. The van der Waals surface area contributed by atoms with Crippen molar-refractivity contribution in [1.82, 2.24) is 5.32 Å². The van der Waals surface area contributed by atoms with Gasteiger partial charge in [-0.05, 0) is 18.2 Å². The lowest BCUT2D eigenvalue weighted by molar-refractivity contribution is -0.118. The minimum absolute atomic E-state index is 0.0764. The summed E-state index contributed by atoms with van der Waals surface area (Å²) in [6, 6.07) is 4.85. The quantitative estimate of drug-likeness (QED) is 0.811. The second-order valence-corrected chi connectivity index (χ2v) is 3.27. The average Bonchev–Trinajstić information content (AvgIpc) is 2.24. The van der Waals surface area contributed by atoms with Crippen molar-refractivity contribution in [2.24, 2.45) is 0 Å². The van der Waals surface area contributed by atoms with Gasteiger partial charge in [0.1, 0.15) is 11.5 Å². The molecule has 0 saturated heterocycles. The largest absolute Gasteiger partial charge is 0.508 e.